The second kappa shape index (κ2) is 6.58. The van der Waals surface area contributed by atoms with Crippen LogP contribution in [0.15, 0.2) is 42.7 Å². The van der Waals surface area contributed by atoms with Gasteiger partial charge in [0, 0.05) is 18.8 Å². The molecule has 0 aliphatic heterocycles. The highest BCUT2D eigenvalue weighted by atomic mass is 19.1. The highest BCUT2D eigenvalue weighted by molar-refractivity contribution is 5.88. The summed E-state index contributed by atoms with van der Waals surface area (Å²) in [5.41, 5.74) is 0.631. The van der Waals surface area contributed by atoms with E-state index in [9.17, 15) is 9.18 Å². The Bertz CT molecular complexity index is 545. The highest BCUT2D eigenvalue weighted by Crippen LogP contribution is 2.10. The van der Waals surface area contributed by atoms with Gasteiger partial charge in [-0.05, 0) is 30.5 Å². The third kappa shape index (κ3) is 4.13. The molecule has 1 aromatic heterocycles. The fourth-order valence-electron chi connectivity index (χ4n) is 1.69. The van der Waals surface area contributed by atoms with E-state index in [2.05, 4.69) is 15.3 Å². The first kappa shape index (κ1) is 13.1. The van der Waals surface area contributed by atoms with Crippen LogP contribution in [0.5, 0.6) is 0 Å². The van der Waals surface area contributed by atoms with Crippen molar-refractivity contribution in [2.75, 3.05) is 5.32 Å². The van der Waals surface area contributed by atoms with Crippen molar-refractivity contribution in [3.05, 3.63) is 54.1 Å². The van der Waals surface area contributed by atoms with E-state index in [-0.39, 0.29) is 11.7 Å². The fraction of sp³-hybridized carbons (Fsp3) is 0.214. The number of hydrogen-bond donors (Lipinski definition) is 1. The van der Waals surface area contributed by atoms with Crippen molar-refractivity contribution in [2.45, 2.75) is 19.3 Å². The molecule has 0 spiro atoms. The van der Waals surface area contributed by atoms with E-state index in [1.54, 1.807) is 36.7 Å². The molecule has 0 unspecified atom stereocenters. The molecule has 0 aliphatic rings. The molecule has 0 aliphatic carbocycles. The lowest BCUT2D eigenvalue weighted by Gasteiger charge is -2.04. The summed E-state index contributed by atoms with van der Waals surface area (Å²) < 4.78 is 13.3. The Kier molecular flexibility index (Phi) is 4.55. The van der Waals surface area contributed by atoms with Crippen molar-refractivity contribution in [1.82, 2.24) is 9.97 Å². The molecule has 5 heteroatoms. The minimum Gasteiger partial charge on any atom is -0.295 e. The molecule has 0 atom stereocenters. The van der Waals surface area contributed by atoms with Gasteiger partial charge in [0.25, 0.3) is 0 Å². The number of carbonyl (C=O) groups excluding carboxylic acids is 1. The molecule has 0 saturated heterocycles. The Balaban J connectivity index is 1.77. The first-order valence-corrected chi connectivity index (χ1v) is 6.06. The summed E-state index contributed by atoms with van der Waals surface area (Å²) >= 11 is 0. The van der Waals surface area contributed by atoms with Gasteiger partial charge in [0.1, 0.15) is 5.82 Å². The van der Waals surface area contributed by atoms with Crippen molar-refractivity contribution in [3.8, 4) is 0 Å². The predicted octanol–water partition coefficient (Wildman–Crippen LogP) is 2.58. The van der Waals surface area contributed by atoms with Crippen LogP contribution >= 0.6 is 0 Å². The Labute approximate surface area is 110 Å². The van der Waals surface area contributed by atoms with Crippen molar-refractivity contribution in [3.63, 3.8) is 0 Å². The van der Waals surface area contributed by atoms with Crippen LogP contribution in [-0.4, -0.2) is 15.9 Å². The van der Waals surface area contributed by atoms with Gasteiger partial charge in [-0.3, -0.25) is 10.1 Å². The van der Waals surface area contributed by atoms with Crippen molar-refractivity contribution in [1.29, 1.82) is 0 Å². The molecule has 98 valence electrons. The van der Waals surface area contributed by atoms with Gasteiger partial charge in [-0.15, -0.1) is 0 Å². The SMILES string of the molecule is O=C(CCCc1ccccc1F)Nc1ncccn1. The van der Waals surface area contributed by atoms with Crippen LogP contribution in [0.3, 0.4) is 0 Å². The second-order valence-electron chi connectivity index (χ2n) is 4.07. The van der Waals surface area contributed by atoms with Crippen molar-refractivity contribution >= 4 is 11.9 Å². The van der Waals surface area contributed by atoms with E-state index in [0.29, 0.717) is 30.8 Å². The number of halogens is 1. The monoisotopic (exact) mass is 259 g/mol. The smallest absolute Gasteiger partial charge is 0.229 e. The lowest BCUT2D eigenvalue weighted by Crippen LogP contribution is -2.13. The molecular formula is C14H14FN3O. The van der Waals surface area contributed by atoms with Gasteiger partial charge >= 0.3 is 0 Å². The average molecular weight is 259 g/mol. The maximum atomic E-state index is 13.3. The van der Waals surface area contributed by atoms with Gasteiger partial charge in [-0.2, -0.15) is 0 Å². The summed E-state index contributed by atoms with van der Waals surface area (Å²) in [7, 11) is 0. The van der Waals surface area contributed by atoms with Crippen LogP contribution in [0.1, 0.15) is 18.4 Å². The number of aromatic nitrogens is 2. The van der Waals surface area contributed by atoms with E-state index in [0.717, 1.165) is 0 Å². The third-order valence-corrected chi connectivity index (χ3v) is 2.62. The third-order valence-electron chi connectivity index (χ3n) is 2.62. The number of rotatable bonds is 5. The van der Waals surface area contributed by atoms with E-state index in [4.69, 9.17) is 0 Å². The molecule has 1 heterocycles. The predicted molar refractivity (Wildman–Crippen MR) is 70.0 cm³/mol. The van der Waals surface area contributed by atoms with Gasteiger partial charge in [-0.25, -0.2) is 14.4 Å². The molecule has 0 radical (unpaired) electrons. The number of carbonyl (C=O) groups is 1. The molecule has 0 bridgehead atoms. The van der Waals surface area contributed by atoms with Crippen LogP contribution in [-0.2, 0) is 11.2 Å². The molecule has 1 N–H and O–H groups in total. The molecule has 1 aromatic carbocycles. The highest BCUT2D eigenvalue weighted by Gasteiger charge is 2.05. The number of anilines is 1. The number of benzene rings is 1. The summed E-state index contributed by atoms with van der Waals surface area (Å²) in [6, 6.07) is 8.27. The lowest BCUT2D eigenvalue weighted by atomic mass is 10.1. The Hall–Kier alpha value is -2.30. The van der Waals surface area contributed by atoms with Gasteiger partial charge < -0.3 is 0 Å². The zero-order valence-electron chi connectivity index (χ0n) is 10.3. The van der Waals surface area contributed by atoms with E-state index < -0.39 is 0 Å². The van der Waals surface area contributed by atoms with E-state index in [1.165, 1.54) is 6.07 Å². The molecule has 0 fully saturated rings. The molecule has 2 aromatic rings. The summed E-state index contributed by atoms with van der Waals surface area (Å²) in [5.74, 6) is -0.102. The van der Waals surface area contributed by atoms with Crippen LogP contribution in [0.25, 0.3) is 0 Å². The maximum absolute atomic E-state index is 13.3. The minimum atomic E-state index is -0.227. The van der Waals surface area contributed by atoms with E-state index in [1.807, 2.05) is 0 Å². The van der Waals surface area contributed by atoms with Gasteiger partial charge in [0.05, 0.1) is 0 Å². The molecule has 0 saturated carbocycles. The molecule has 4 nitrogen and oxygen atoms in total. The van der Waals surface area contributed by atoms with Crippen LogP contribution in [0, 0.1) is 5.82 Å². The average Bonchev–Trinajstić information content (AvgIpc) is 2.42. The fourth-order valence-corrected chi connectivity index (χ4v) is 1.69. The molecule has 19 heavy (non-hydrogen) atoms. The number of aryl methyl sites for hydroxylation is 1. The van der Waals surface area contributed by atoms with Crippen LogP contribution in [0.4, 0.5) is 10.3 Å². The topological polar surface area (TPSA) is 54.9 Å². The largest absolute Gasteiger partial charge is 0.295 e. The number of nitrogens with one attached hydrogen (secondary N) is 1. The minimum absolute atomic E-state index is 0.164. The lowest BCUT2D eigenvalue weighted by molar-refractivity contribution is -0.116. The van der Waals surface area contributed by atoms with Crippen molar-refractivity contribution < 1.29 is 9.18 Å². The Morgan fingerprint density at radius 1 is 1.16 bits per heavy atom. The van der Waals surface area contributed by atoms with E-state index >= 15 is 0 Å². The number of hydrogen-bond acceptors (Lipinski definition) is 3. The van der Waals surface area contributed by atoms with Crippen LogP contribution < -0.4 is 5.32 Å². The molecule has 2 rings (SSSR count). The second-order valence-corrected chi connectivity index (χ2v) is 4.07. The maximum Gasteiger partial charge on any atom is 0.229 e. The standard InChI is InChI=1S/C14H14FN3O/c15-12-7-2-1-5-11(12)6-3-8-13(19)18-14-16-9-4-10-17-14/h1-2,4-5,7,9-10H,3,6,8H2,(H,16,17,18,19). The summed E-state index contributed by atoms with van der Waals surface area (Å²) in [6.07, 6.45) is 4.55. The van der Waals surface area contributed by atoms with Crippen LogP contribution in [0.2, 0.25) is 0 Å². The van der Waals surface area contributed by atoms with Gasteiger partial charge in [0.2, 0.25) is 11.9 Å². The zero-order chi connectivity index (χ0) is 13.5. The molecule has 1 amide bonds. The zero-order valence-corrected chi connectivity index (χ0v) is 10.3. The quantitative estimate of drug-likeness (QED) is 0.897. The summed E-state index contributed by atoms with van der Waals surface area (Å²) in [6.45, 7) is 0. The number of amides is 1. The first-order valence-electron chi connectivity index (χ1n) is 6.06. The first-order chi connectivity index (χ1) is 9.25. The van der Waals surface area contributed by atoms with Crippen molar-refractivity contribution in [2.24, 2.45) is 0 Å². The summed E-state index contributed by atoms with van der Waals surface area (Å²) in [5, 5.41) is 2.59. The molecular weight excluding hydrogens is 245 g/mol. The van der Waals surface area contributed by atoms with Gasteiger partial charge in [0.15, 0.2) is 0 Å². The Morgan fingerprint density at radius 2 is 1.89 bits per heavy atom. The number of nitrogens with zero attached hydrogens (tertiary/aromatic N) is 2. The summed E-state index contributed by atoms with van der Waals surface area (Å²) in [4.78, 5) is 19.4. The normalized spacial score (nSPS) is 10.2. The van der Waals surface area contributed by atoms with Gasteiger partial charge in [-0.1, -0.05) is 18.2 Å². The Morgan fingerprint density at radius 3 is 2.63 bits per heavy atom.